The summed E-state index contributed by atoms with van der Waals surface area (Å²) in [5.74, 6) is 6.55. The van der Waals surface area contributed by atoms with E-state index >= 15 is 0 Å². The number of carbonyl (C=O) groups excluding carboxylic acids is 1. The molecule has 4 rings (SSSR count). The monoisotopic (exact) mass is 434 g/mol. The molecule has 0 aliphatic rings. The third-order valence-corrected chi connectivity index (χ3v) is 4.78. The van der Waals surface area contributed by atoms with Gasteiger partial charge in [0.25, 0.3) is 5.91 Å². The second kappa shape index (κ2) is 8.86. The number of ether oxygens (including phenoxy) is 2. The van der Waals surface area contributed by atoms with Crippen molar-refractivity contribution in [3.63, 3.8) is 0 Å². The van der Waals surface area contributed by atoms with Gasteiger partial charge in [-0.15, -0.1) is 0 Å². The number of amides is 1. The summed E-state index contributed by atoms with van der Waals surface area (Å²) in [5.41, 5.74) is 5.30. The first-order chi connectivity index (χ1) is 15.5. The number of carbonyl (C=O) groups is 1. The SMILES string of the molecule is COc1cc(OC)cc(N(CC(=O)NN)c2ccc3ncc(-c4cnn(C)c4)nc3n2)c1. The Morgan fingerprint density at radius 1 is 1.12 bits per heavy atom. The minimum atomic E-state index is -0.399. The van der Waals surface area contributed by atoms with Gasteiger partial charge in [0.2, 0.25) is 0 Å². The molecule has 4 aromatic rings. The fraction of sp³-hybridized carbons (Fsp3) is 0.190. The maximum atomic E-state index is 12.2. The molecule has 0 radical (unpaired) electrons. The van der Waals surface area contributed by atoms with Crippen LogP contribution in [0, 0.1) is 0 Å². The van der Waals surface area contributed by atoms with E-state index in [-0.39, 0.29) is 6.54 Å². The molecule has 0 spiro atoms. The van der Waals surface area contributed by atoms with Crippen molar-refractivity contribution in [2.75, 3.05) is 25.7 Å². The molecule has 11 heteroatoms. The van der Waals surface area contributed by atoms with Crippen LogP contribution in [0.5, 0.6) is 11.5 Å². The zero-order valence-electron chi connectivity index (χ0n) is 17.8. The second-order valence-corrected chi connectivity index (χ2v) is 6.89. The maximum Gasteiger partial charge on any atom is 0.253 e. The van der Waals surface area contributed by atoms with Crippen molar-refractivity contribution in [1.29, 1.82) is 0 Å². The molecule has 0 saturated heterocycles. The number of aromatic nitrogens is 5. The number of hydrazine groups is 1. The van der Waals surface area contributed by atoms with Gasteiger partial charge in [0.05, 0.1) is 38.0 Å². The highest BCUT2D eigenvalue weighted by atomic mass is 16.5. The molecule has 0 aliphatic heterocycles. The average molecular weight is 434 g/mol. The second-order valence-electron chi connectivity index (χ2n) is 6.89. The molecule has 3 N–H and O–H groups in total. The van der Waals surface area contributed by atoms with E-state index < -0.39 is 5.91 Å². The Balaban J connectivity index is 1.81. The molecule has 3 heterocycles. The molecule has 11 nitrogen and oxygen atoms in total. The molecule has 32 heavy (non-hydrogen) atoms. The summed E-state index contributed by atoms with van der Waals surface area (Å²) in [6, 6.07) is 8.84. The molecule has 0 fully saturated rings. The minimum absolute atomic E-state index is 0.0823. The third kappa shape index (κ3) is 4.27. The molecule has 3 aromatic heterocycles. The lowest BCUT2D eigenvalue weighted by Crippen LogP contribution is -2.39. The first-order valence-corrected chi connectivity index (χ1v) is 9.63. The highest BCUT2D eigenvalue weighted by molar-refractivity contribution is 5.85. The van der Waals surface area contributed by atoms with Gasteiger partial charge in [0, 0.05) is 37.0 Å². The van der Waals surface area contributed by atoms with E-state index in [2.05, 4.69) is 25.5 Å². The highest BCUT2D eigenvalue weighted by Gasteiger charge is 2.18. The quantitative estimate of drug-likeness (QED) is 0.252. The molecule has 0 aliphatic carbocycles. The Bertz CT molecular complexity index is 1250. The summed E-state index contributed by atoms with van der Waals surface area (Å²) in [4.78, 5) is 27.6. The number of nitrogens with zero attached hydrogens (tertiary/aromatic N) is 6. The zero-order valence-corrected chi connectivity index (χ0v) is 17.8. The number of anilines is 2. The molecule has 0 bridgehead atoms. The first kappa shape index (κ1) is 21.0. The van der Waals surface area contributed by atoms with Gasteiger partial charge in [0.15, 0.2) is 5.65 Å². The van der Waals surface area contributed by atoms with E-state index in [0.29, 0.717) is 39.9 Å². The third-order valence-electron chi connectivity index (χ3n) is 4.78. The van der Waals surface area contributed by atoms with Crippen molar-refractivity contribution in [3.8, 4) is 22.8 Å². The number of aryl methyl sites for hydroxylation is 1. The van der Waals surface area contributed by atoms with Gasteiger partial charge < -0.3 is 14.4 Å². The van der Waals surface area contributed by atoms with Gasteiger partial charge in [-0.2, -0.15) is 5.10 Å². The Labute approximate surface area is 183 Å². The van der Waals surface area contributed by atoms with Gasteiger partial charge in [0.1, 0.15) is 29.4 Å². The fourth-order valence-electron chi connectivity index (χ4n) is 3.17. The fourth-order valence-corrected chi connectivity index (χ4v) is 3.17. The summed E-state index contributed by atoms with van der Waals surface area (Å²) in [7, 11) is 4.94. The Kier molecular flexibility index (Phi) is 5.81. The molecule has 0 saturated carbocycles. The number of nitrogens with two attached hydrogens (primary N) is 1. The predicted molar refractivity (Wildman–Crippen MR) is 118 cm³/mol. The van der Waals surface area contributed by atoms with Gasteiger partial charge in [-0.3, -0.25) is 19.9 Å². The maximum absolute atomic E-state index is 12.2. The topological polar surface area (TPSA) is 133 Å². The lowest BCUT2D eigenvalue weighted by molar-refractivity contribution is -0.119. The normalized spacial score (nSPS) is 10.8. The van der Waals surface area contributed by atoms with E-state index in [1.54, 1.807) is 66.5 Å². The van der Waals surface area contributed by atoms with Crippen LogP contribution in [0.2, 0.25) is 0 Å². The standard InChI is InChI=1S/C21H22N8O3/c1-28-11-13(9-24-28)18-10-23-17-4-5-19(26-21(17)25-18)29(12-20(30)27-22)14-6-15(31-2)8-16(7-14)32-3/h4-11H,12,22H2,1-3H3,(H,27,30). The molecule has 1 amide bonds. The Morgan fingerprint density at radius 3 is 2.50 bits per heavy atom. The van der Waals surface area contributed by atoms with E-state index in [1.807, 2.05) is 13.2 Å². The van der Waals surface area contributed by atoms with E-state index in [9.17, 15) is 4.79 Å². The molecular weight excluding hydrogens is 412 g/mol. The molecule has 164 valence electrons. The summed E-state index contributed by atoms with van der Waals surface area (Å²) < 4.78 is 12.4. The Morgan fingerprint density at radius 2 is 1.88 bits per heavy atom. The van der Waals surface area contributed by atoms with Crippen LogP contribution in [0.4, 0.5) is 11.5 Å². The van der Waals surface area contributed by atoms with E-state index in [1.165, 1.54) is 0 Å². The van der Waals surface area contributed by atoms with Crippen molar-refractivity contribution >= 4 is 28.6 Å². The average Bonchev–Trinajstić information content (AvgIpc) is 3.27. The molecular formula is C21H22N8O3. The van der Waals surface area contributed by atoms with Crippen LogP contribution in [0.25, 0.3) is 22.4 Å². The lowest BCUT2D eigenvalue weighted by Gasteiger charge is -2.24. The first-order valence-electron chi connectivity index (χ1n) is 9.63. The van der Waals surface area contributed by atoms with Gasteiger partial charge in [-0.05, 0) is 12.1 Å². The summed E-state index contributed by atoms with van der Waals surface area (Å²) in [6.45, 7) is -0.0823. The smallest absolute Gasteiger partial charge is 0.253 e. The van der Waals surface area contributed by atoms with Gasteiger partial charge in [-0.1, -0.05) is 0 Å². The molecule has 1 aromatic carbocycles. The zero-order chi connectivity index (χ0) is 22.7. The summed E-state index contributed by atoms with van der Waals surface area (Å²) in [6.07, 6.45) is 5.23. The summed E-state index contributed by atoms with van der Waals surface area (Å²) >= 11 is 0. The summed E-state index contributed by atoms with van der Waals surface area (Å²) in [5, 5.41) is 4.17. The number of hydrogen-bond donors (Lipinski definition) is 2. The van der Waals surface area contributed by atoms with Crippen molar-refractivity contribution < 1.29 is 14.3 Å². The predicted octanol–water partition coefficient (Wildman–Crippen LogP) is 1.57. The van der Waals surface area contributed by atoms with Crippen LogP contribution in [-0.4, -0.2) is 51.4 Å². The van der Waals surface area contributed by atoms with Crippen LogP contribution >= 0.6 is 0 Å². The number of benzene rings is 1. The van der Waals surface area contributed by atoms with Crippen molar-refractivity contribution in [1.82, 2.24) is 30.2 Å². The van der Waals surface area contributed by atoms with Crippen molar-refractivity contribution in [2.24, 2.45) is 12.9 Å². The largest absolute Gasteiger partial charge is 0.497 e. The molecule has 0 unspecified atom stereocenters. The number of pyridine rings is 1. The number of hydrogen-bond acceptors (Lipinski definition) is 9. The number of rotatable bonds is 7. The lowest BCUT2D eigenvalue weighted by atomic mass is 10.2. The van der Waals surface area contributed by atoms with Gasteiger partial charge in [-0.25, -0.2) is 15.8 Å². The number of fused-ring (bicyclic) bond motifs is 1. The van der Waals surface area contributed by atoms with Crippen LogP contribution in [0.3, 0.4) is 0 Å². The van der Waals surface area contributed by atoms with Crippen LogP contribution < -0.4 is 25.6 Å². The number of methoxy groups -OCH3 is 2. The minimum Gasteiger partial charge on any atom is -0.497 e. The highest BCUT2D eigenvalue weighted by Crippen LogP contribution is 2.32. The Hall–Kier alpha value is -4.25. The van der Waals surface area contributed by atoms with Crippen molar-refractivity contribution in [3.05, 3.63) is 48.9 Å². The van der Waals surface area contributed by atoms with Gasteiger partial charge >= 0.3 is 0 Å². The van der Waals surface area contributed by atoms with Crippen LogP contribution in [0.1, 0.15) is 0 Å². The van der Waals surface area contributed by atoms with E-state index in [4.69, 9.17) is 15.3 Å². The van der Waals surface area contributed by atoms with E-state index in [0.717, 1.165) is 5.56 Å². The van der Waals surface area contributed by atoms with Crippen LogP contribution in [0.15, 0.2) is 48.9 Å². The molecule has 0 atom stereocenters. The number of nitrogens with one attached hydrogen (secondary N) is 1. The van der Waals surface area contributed by atoms with Crippen LogP contribution in [-0.2, 0) is 11.8 Å². The van der Waals surface area contributed by atoms with Crippen molar-refractivity contribution in [2.45, 2.75) is 0 Å².